The van der Waals surface area contributed by atoms with Gasteiger partial charge in [0.05, 0.1) is 23.8 Å². The van der Waals surface area contributed by atoms with Gasteiger partial charge in [-0.2, -0.15) is 0 Å². The van der Waals surface area contributed by atoms with Crippen molar-refractivity contribution in [2.75, 3.05) is 13.2 Å². The van der Waals surface area contributed by atoms with Gasteiger partial charge in [0.15, 0.2) is 0 Å². The molecule has 1 aromatic rings. The standard InChI is InChI=1S/C21H26N2O4/c1-13-4-7-15(8-5-13)22-19(24)14-6-9-17-18(11-14)21(26)23(20(17)25)12-16-3-2-10-27-16/h6,9,11,13,15-16H,2-5,7-8,10,12H2,1H3,(H,22,24). The molecule has 1 unspecified atom stereocenters. The van der Waals surface area contributed by atoms with Crippen LogP contribution >= 0.6 is 0 Å². The summed E-state index contributed by atoms with van der Waals surface area (Å²) in [5.41, 5.74) is 1.14. The summed E-state index contributed by atoms with van der Waals surface area (Å²) in [4.78, 5) is 39.1. The molecule has 4 rings (SSSR count). The van der Waals surface area contributed by atoms with Crippen molar-refractivity contribution in [3.63, 3.8) is 0 Å². The summed E-state index contributed by atoms with van der Waals surface area (Å²) in [7, 11) is 0. The maximum absolute atomic E-state index is 12.7. The molecule has 2 fully saturated rings. The van der Waals surface area contributed by atoms with Crippen LogP contribution in [-0.4, -0.2) is 47.9 Å². The molecule has 3 aliphatic rings. The van der Waals surface area contributed by atoms with Crippen molar-refractivity contribution in [3.05, 3.63) is 34.9 Å². The minimum atomic E-state index is -0.327. The maximum Gasteiger partial charge on any atom is 0.261 e. The number of imide groups is 1. The Morgan fingerprint density at radius 2 is 1.85 bits per heavy atom. The summed E-state index contributed by atoms with van der Waals surface area (Å²) in [5, 5.41) is 3.07. The van der Waals surface area contributed by atoms with Gasteiger partial charge in [-0.25, -0.2) is 0 Å². The SMILES string of the molecule is CC1CCC(NC(=O)c2ccc3c(c2)C(=O)N(CC2CCCO2)C3=O)CC1. The first kappa shape index (κ1) is 18.2. The number of rotatable bonds is 4. The van der Waals surface area contributed by atoms with Crippen LogP contribution in [0.25, 0.3) is 0 Å². The Bertz CT molecular complexity index is 761. The number of amides is 3. The summed E-state index contributed by atoms with van der Waals surface area (Å²) in [6.45, 7) is 3.20. The first-order valence-electron chi connectivity index (χ1n) is 9.95. The van der Waals surface area contributed by atoms with Crippen LogP contribution in [0.15, 0.2) is 18.2 Å². The van der Waals surface area contributed by atoms with E-state index in [1.807, 2.05) is 0 Å². The van der Waals surface area contributed by atoms with E-state index in [0.29, 0.717) is 23.3 Å². The Morgan fingerprint density at radius 3 is 2.56 bits per heavy atom. The molecule has 27 heavy (non-hydrogen) atoms. The van der Waals surface area contributed by atoms with E-state index in [4.69, 9.17) is 4.74 Å². The number of fused-ring (bicyclic) bond motifs is 1. The first-order valence-corrected chi connectivity index (χ1v) is 9.95. The molecule has 0 aromatic heterocycles. The van der Waals surface area contributed by atoms with E-state index >= 15 is 0 Å². The van der Waals surface area contributed by atoms with Crippen LogP contribution in [0.3, 0.4) is 0 Å². The van der Waals surface area contributed by atoms with Gasteiger partial charge >= 0.3 is 0 Å². The predicted octanol–water partition coefficient (Wildman–Crippen LogP) is 2.77. The van der Waals surface area contributed by atoms with Gasteiger partial charge in [-0.1, -0.05) is 6.92 Å². The Kier molecular flexibility index (Phi) is 5.00. The molecule has 1 aromatic carbocycles. The average molecular weight is 370 g/mol. The average Bonchev–Trinajstić information content (AvgIpc) is 3.26. The van der Waals surface area contributed by atoms with E-state index in [1.165, 1.54) is 4.90 Å². The summed E-state index contributed by atoms with van der Waals surface area (Å²) < 4.78 is 5.55. The molecule has 1 saturated heterocycles. The summed E-state index contributed by atoms with van der Waals surface area (Å²) in [5.74, 6) is -0.0721. The Labute approximate surface area is 159 Å². The topological polar surface area (TPSA) is 75.7 Å². The van der Waals surface area contributed by atoms with Crippen LogP contribution in [-0.2, 0) is 4.74 Å². The van der Waals surface area contributed by atoms with Gasteiger partial charge in [-0.15, -0.1) is 0 Å². The molecule has 0 bridgehead atoms. The van der Waals surface area contributed by atoms with Crippen molar-refractivity contribution in [2.24, 2.45) is 5.92 Å². The smallest absolute Gasteiger partial charge is 0.261 e. The largest absolute Gasteiger partial charge is 0.376 e. The Balaban J connectivity index is 1.46. The van der Waals surface area contributed by atoms with Crippen LogP contribution < -0.4 is 5.32 Å². The first-order chi connectivity index (χ1) is 13.0. The van der Waals surface area contributed by atoms with Crippen molar-refractivity contribution >= 4 is 17.7 Å². The van der Waals surface area contributed by atoms with Gasteiger partial charge in [0.2, 0.25) is 0 Å². The van der Waals surface area contributed by atoms with E-state index < -0.39 is 0 Å². The van der Waals surface area contributed by atoms with Gasteiger partial charge < -0.3 is 10.1 Å². The van der Waals surface area contributed by atoms with Gasteiger partial charge in [0.25, 0.3) is 17.7 Å². The van der Waals surface area contributed by atoms with Crippen molar-refractivity contribution in [1.29, 1.82) is 0 Å². The highest BCUT2D eigenvalue weighted by Gasteiger charge is 2.38. The van der Waals surface area contributed by atoms with Crippen LogP contribution in [0.2, 0.25) is 0 Å². The quantitative estimate of drug-likeness (QED) is 0.827. The molecule has 144 valence electrons. The highest BCUT2D eigenvalue weighted by atomic mass is 16.5. The molecular weight excluding hydrogens is 344 g/mol. The van der Waals surface area contributed by atoms with E-state index in [1.54, 1.807) is 18.2 Å². The fraction of sp³-hybridized carbons (Fsp3) is 0.571. The van der Waals surface area contributed by atoms with E-state index in [0.717, 1.165) is 44.4 Å². The molecular formula is C21H26N2O4. The molecule has 6 heteroatoms. The zero-order valence-electron chi connectivity index (χ0n) is 15.7. The minimum Gasteiger partial charge on any atom is -0.376 e. The second kappa shape index (κ2) is 7.43. The van der Waals surface area contributed by atoms with Crippen molar-refractivity contribution < 1.29 is 19.1 Å². The van der Waals surface area contributed by atoms with Crippen molar-refractivity contribution in [2.45, 2.75) is 57.6 Å². The molecule has 0 spiro atoms. The second-order valence-electron chi connectivity index (χ2n) is 8.05. The molecule has 1 aliphatic carbocycles. The zero-order valence-corrected chi connectivity index (χ0v) is 15.7. The third kappa shape index (κ3) is 3.63. The third-order valence-electron chi connectivity index (χ3n) is 5.99. The van der Waals surface area contributed by atoms with Crippen LogP contribution in [0.1, 0.15) is 76.5 Å². The molecule has 1 saturated carbocycles. The normalized spacial score (nSPS) is 27.7. The maximum atomic E-state index is 12.7. The Hall–Kier alpha value is -2.21. The summed E-state index contributed by atoms with van der Waals surface area (Å²) >= 11 is 0. The predicted molar refractivity (Wildman–Crippen MR) is 99.7 cm³/mol. The molecule has 1 N–H and O–H groups in total. The van der Waals surface area contributed by atoms with Gasteiger partial charge in [0.1, 0.15) is 0 Å². The molecule has 2 aliphatic heterocycles. The lowest BCUT2D eigenvalue weighted by Crippen LogP contribution is -2.37. The molecule has 0 radical (unpaired) electrons. The monoisotopic (exact) mass is 370 g/mol. The van der Waals surface area contributed by atoms with Crippen LogP contribution in [0, 0.1) is 5.92 Å². The van der Waals surface area contributed by atoms with Gasteiger partial charge in [-0.05, 0) is 62.6 Å². The molecule has 2 heterocycles. The second-order valence-corrected chi connectivity index (χ2v) is 8.05. The summed E-state index contributed by atoms with van der Waals surface area (Å²) in [6, 6.07) is 4.99. The molecule has 3 amide bonds. The number of hydrogen-bond donors (Lipinski definition) is 1. The zero-order chi connectivity index (χ0) is 19.0. The summed E-state index contributed by atoms with van der Waals surface area (Å²) in [6.07, 6.45) is 5.97. The van der Waals surface area contributed by atoms with Gasteiger partial charge in [0, 0.05) is 18.2 Å². The fourth-order valence-corrected chi connectivity index (χ4v) is 4.26. The lowest BCUT2D eigenvalue weighted by atomic mass is 9.87. The van der Waals surface area contributed by atoms with Crippen LogP contribution in [0.5, 0.6) is 0 Å². The van der Waals surface area contributed by atoms with E-state index in [2.05, 4.69) is 12.2 Å². The van der Waals surface area contributed by atoms with Crippen molar-refractivity contribution in [3.8, 4) is 0 Å². The fourth-order valence-electron chi connectivity index (χ4n) is 4.26. The molecule has 6 nitrogen and oxygen atoms in total. The number of nitrogens with zero attached hydrogens (tertiary/aromatic N) is 1. The molecule has 1 atom stereocenters. The number of benzene rings is 1. The highest BCUT2D eigenvalue weighted by Crippen LogP contribution is 2.27. The number of hydrogen-bond acceptors (Lipinski definition) is 4. The third-order valence-corrected chi connectivity index (χ3v) is 5.99. The number of ether oxygens (including phenoxy) is 1. The van der Waals surface area contributed by atoms with Crippen LogP contribution in [0.4, 0.5) is 0 Å². The Morgan fingerprint density at radius 1 is 1.11 bits per heavy atom. The number of nitrogens with one attached hydrogen (secondary N) is 1. The minimum absolute atomic E-state index is 0.0799. The van der Waals surface area contributed by atoms with Crippen molar-refractivity contribution in [1.82, 2.24) is 10.2 Å². The lowest BCUT2D eigenvalue weighted by Gasteiger charge is -2.26. The van der Waals surface area contributed by atoms with E-state index in [-0.39, 0.29) is 36.4 Å². The number of carbonyl (C=O) groups excluding carboxylic acids is 3. The highest BCUT2D eigenvalue weighted by molar-refractivity contribution is 6.22. The number of carbonyl (C=O) groups is 3. The van der Waals surface area contributed by atoms with E-state index in [9.17, 15) is 14.4 Å². The lowest BCUT2D eigenvalue weighted by molar-refractivity contribution is 0.0475. The van der Waals surface area contributed by atoms with Gasteiger partial charge in [-0.3, -0.25) is 19.3 Å².